The Kier molecular flexibility index (Phi) is 5.92. The summed E-state index contributed by atoms with van der Waals surface area (Å²) < 4.78 is 45.5. The Morgan fingerprint density at radius 3 is 2.56 bits per heavy atom. The fourth-order valence-electron chi connectivity index (χ4n) is 3.02. The highest BCUT2D eigenvalue weighted by Crippen LogP contribution is 2.34. The molecule has 1 heterocycles. The molecule has 1 aliphatic heterocycles. The number of carbonyl (C=O) groups excluding carboxylic acids is 2. The summed E-state index contributed by atoms with van der Waals surface area (Å²) in [4.78, 5) is 24.8. The number of nitrogens with one attached hydrogen (secondary N) is 1. The van der Waals surface area contributed by atoms with E-state index in [1.165, 1.54) is 13.0 Å². The minimum atomic E-state index is -4.53. The van der Waals surface area contributed by atoms with Gasteiger partial charge in [0.25, 0.3) is 5.91 Å². The van der Waals surface area contributed by atoms with Gasteiger partial charge >= 0.3 is 6.18 Å². The number of halogens is 3. The van der Waals surface area contributed by atoms with E-state index in [1.54, 1.807) is 25.1 Å². The van der Waals surface area contributed by atoms with E-state index in [9.17, 15) is 22.8 Å². The number of nitrogens with zero attached hydrogens (tertiary/aromatic N) is 1. The van der Waals surface area contributed by atoms with Crippen LogP contribution in [0.2, 0.25) is 0 Å². The first-order valence-electron chi connectivity index (χ1n) is 8.10. The molecule has 1 aromatic carbocycles. The molecule has 1 aromatic rings. The van der Waals surface area contributed by atoms with Gasteiger partial charge in [-0.2, -0.15) is 13.2 Å². The molecule has 2 atom stereocenters. The lowest BCUT2D eigenvalue weighted by Gasteiger charge is -2.40. The van der Waals surface area contributed by atoms with Gasteiger partial charge in [0.2, 0.25) is 5.91 Å². The van der Waals surface area contributed by atoms with Crippen molar-refractivity contribution in [3.05, 3.63) is 29.8 Å². The van der Waals surface area contributed by atoms with Gasteiger partial charge in [0, 0.05) is 19.5 Å². The Balaban J connectivity index is 2.32. The summed E-state index contributed by atoms with van der Waals surface area (Å²) >= 11 is 0. The second-order valence-corrected chi connectivity index (χ2v) is 5.92. The van der Waals surface area contributed by atoms with E-state index < -0.39 is 24.2 Å². The van der Waals surface area contributed by atoms with E-state index in [4.69, 9.17) is 4.74 Å². The largest absolute Gasteiger partial charge is 0.493 e. The molecule has 5 nitrogen and oxygen atoms in total. The van der Waals surface area contributed by atoms with E-state index >= 15 is 0 Å². The number of rotatable bonds is 4. The van der Waals surface area contributed by atoms with Gasteiger partial charge in [0.1, 0.15) is 11.8 Å². The molecule has 138 valence electrons. The Bertz CT molecular complexity index is 634. The lowest BCUT2D eigenvalue weighted by Crippen LogP contribution is -2.58. The average molecular weight is 358 g/mol. The quantitative estimate of drug-likeness (QED) is 0.900. The van der Waals surface area contributed by atoms with Crippen LogP contribution in [0.3, 0.4) is 0 Å². The second-order valence-electron chi connectivity index (χ2n) is 5.92. The Labute approximate surface area is 144 Å². The molecule has 1 saturated heterocycles. The van der Waals surface area contributed by atoms with Crippen LogP contribution < -0.4 is 10.1 Å². The standard InChI is InChI=1S/C17H21F3N2O3/c1-3-25-14-7-5-4-6-13(14)16(24)22-10-12(21-11(2)23)8-9-15(22)17(18,19)20/h4-7,12,15H,3,8-10H2,1-2H3,(H,21,23)/t12-,15-/m1/s1. The number of alkyl halides is 3. The zero-order valence-corrected chi connectivity index (χ0v) is 14.1. The highest BCUT2D eigenvalue weighted by molar-refractivity contribution is 5.97. The Morgan fingerprint density at radius 2 is 1.96 bits per heavy atom. The van der Waals surface area contributed by atoms with Crippen LogP contribution in [0.15, 0.2) is 24.3 Å². The molecule has 0 radical (unpaired) electrons. The van der Waals surface area contributed by atoms with Gasteiger partial charge in [-0.15, -0.1) is 0 Å². The van der Waals surface area contributed by atoms with Gasteiger partial charge < -0.3 is 15.0 Å². The van der Waals surface area contributed by atoms with Gasteiger partial charge in [0.15, 0.2) is 0 Å². The number of likely N-dealkylation sites (tertiary alicyclic amines) is 1. The van der Waals surface area contributed by atoms with Gasteiger partial charge in [-0.3, -0.25) is 9.59 Å². The van der Waals surface area contributed by atoms with Crippen LogP contribution in [-0.2, 0) is 4.79 Å². The third-order valence-corrected chi connectivity index (χ3v) is 4.05. The summed E-state index contributed by atoms with van der Waals surface area (Å²) in [5.74, 6) is -0.837. The first-order valence-corrected chi connectivity index (χ1v) is 8.10. The molecular formula is C17H21F3N2O3. The van der Waals surface area contributed by atoms with Crippen molar-refractivity contribution < 1.29 is 27.5 Å². The van der Waals surface area contributed by atoms with Crippen LogP contribution in [0.25, 0.3) is 0 Å². The molecule has 25 heavy (non-hydrogen) atoms. The first-order chi connectivity index (χ1) is 11.7. The van der Waals surface area contributed by atoms with Gasteiger partial charge in [-0.1, -0.05) is 12.1 Å². The molecule has 0 saturated carbocycles. The third-order valence-electron chi connectivity index (χ3n) is 4.05. The molecule has 1 fully saturated rings. The molecule has 2 amide bonds. The summed E-state index contributed by atoms with van der Waals surface area (Å²) in [6.45, 7) is 3.13. The number of ether oxygens (including phenoxy) is 1. The molecule has 0 bridgehead atoms. The lowest BCUT2D eigenvalue weighted by molar-refractivity contribution is -0.184. The zero-order chi connectivity index (χ0) is 18.6. The van der Waals surface area contributed by atoms with E-state index in [-0.39, 0.29) is 36.6 Å². The van der Waals surface area contributed by atoms with E-state index in [1.807, 2.05) is 0 Å². The molecule has 8 heteroatoms. The minimum Gasteiger partial charge on any atom is -0.493 e. The number of hydrogen-bond acceptors (Lipinski definition) is 3. The summed E-state index contributed by atoms with van der Waals surface area (Å²) in [5, 5.41) is 2.60. The zero-order valence-electron chi connectivity index (χ0n) is 14.1. The number of carbonyl (C=O) groups is 2. The predicted molar refractivity (Wildman–Crippen MR) is 85.3 cm³/mol. The van der Waals surface area contributed by atoms with Crippen LogP contribution in [-0.4, -0.2) is 48.1 Å². The van der Waals surface area contributed by atoms with Gasteiger partial charge in [0.05, 0.1) is 12.2 Å². The van der Waals surface area contributed by atoms with Crippen LogP contribution in [0.5, 0.6) is 5.75 Å². The van der Waals surface area contributed by atoms with Gasteiger partial charge in [-0.05, 0) is 31.9 Å². The van der Waals surface area contributed by atoms with E-state index in [2.05, 4.69) is 5.32 Å². The maximum absolute atomic E-state index is 13.4. The SMILES string of the molecule is CCOc1ccccc1C(=O)N1C[C@H](NC(C)=O)CC[C@@H]1C(F)(F)F. The van der Waals surface area contributed by atoms with Gasteiger partial charge in [-0.25, -0.2) is 0 Å². The van der Waals surface area contributed by atoms with Crippen molar-refractivity contribution in [3.8, 4) is 5.75 Å². The average Bonchev–Trinajstić information content (AvgIpc) is 2.53. The maximum atomic E-state index is 13.4. The number of amides is 2. The van der Waals surface area contributed by atoms with Crippen LogP contribution in [0.4, 0.5) is 13.2 Å². The van der Waals surface area contributed by atoms with Crippen molar-refractivity contribution in [2.45, 2.75) is 44.9 Å². The molecule has 0 aliphatic carbocycles. The van der Waals surface area contributed by atoms with Crippen LogP contribution in [0, 0.1) is 0 Å². The fraction of sp³-hybridized carbons (Fsp3) is 0.529. The van der Waals surface area contributed by atoms with Crippen molar-refractivity contribution >= 4 is 11.8 Å². The molecule has 1 N–H and O–H groups in total. The molecule has 2 rings (SSSR count). The maximum Gasteiger partial charge on any atom is 0.408 e. The lowest BCUT2D eigenvalue weighted by atomic mass is 9.96. The Hall–Kier alpha value is -2.25. The fourth-order valence-corrected chi connectivity index (χ4v) is 3.02. The summed E-state index contributed by atoms with van der Waals surface area (Å²) in [7, 11) is 0. The number of para-hydroxylation sites is 1. The molecule has 0 unspecified atom stereocenters. The Morgan fingerprint density at radius 1 is 1.28 bits per heavy atom. The van der Waals surface area contributed by atoms with Crippen molar-refractivity contribution in [2.24, 2.45) is 0 Å². The topological polar surface area (TPSA) is 58.6 Å². The summed E-state index contributed by atoms with van der Waals surface area (Å²) in [6, 6.07) is 3.85. The van der Waals surface area contributed by atoms with Crippen molar-refractivity contribution in [2.75, 3.05) is 13.2 Å². The van der Waals surface area contributed by atoms with Crippen molar-refractivity contribution in [1.82, 2.24) is 10.2 Å². The number of piperidine rings is 1. The van der Waals surface area contributed by atoms with Crippen LogP contribution in [0.1, 0.15) is 37.0 Å². The molecule has 0 aromatic heterocycles. The second kappa shape index (κ2) is 7.76. The highest BCUT2D eigenvalue weighted by Gasteiger charge is 2.48. The molecule has 0 spiro atoms. The highest BCUT2D eigenvalue weighted by atomic mass is 19.4. The molecular weight excluding hydrogens is 337 g/mol. The van der Waals surface area contributed by atoms with E-state index in [0.717, 1.165) is 4.90 Å². The first kappa shape index (κ1) is 19.1. The summed E-state index contributed by atoms with van der Waals surface area (Å²) in [6.07, 6.45) is -4.62. The molecule has 1 aliphatic rings. The minimum absolute atomic E-state index is 0.0853. The monoisotopic (exact) mass is 358 g/mol. The third kappa shape index (κ3) is 4.64. The normalized spacial score (nSPS) is 20.9. The summed E-state index contributed by atoms with van der Waals surface area (Å²) in [5.41, 5.74) is 0.0853. The predicted octanol–water partition coefficient (Wildman–Crippen LogP) is 2.76. The van der Waals surface area contributed by atoms with Crippen molar-refractivity contribution in [3.63, 3.8) is 0 Å². The van der Waals surface area contributed by atoms with Crippen molar-refractivity contribution in [1.29, 1.82) is 0 Å². The number of benzene rings is 1. The van der Waals surface area contributed by atoms with Crippen LogP contribution >= 0.6 is 0 Å². The van der Waals surface area contributed by atoms with E-state index in [0.29, 0.717) is 6.61 Å². The smallest absolute Gasteiger partial charge is 0.408 e. The number of hydrogen-bond donors (Lipinski definition) is 1.